The van der Waals surface area contributed by atoms with Crippen LogP contribution in [-0.4, -0.2) is 36.1 Å². The van der Waals surface area contributed by atoms with Crippen molar-refractivity contribution < 1.29 is 35.9 Å². The molecule has 0 atom stereocenters. The topological polar surface area (TPSA) is 87.4 Å². The highest BCUT2D eigenvalue weighted by Crippen LogP contribution is 2.35. The van der Waals surface area contributed by atoms with Gasteiger partial charge in [0.25, 0.3) is 10.0 Å². The van der Waals surface area contributed by atoms with Crippen LogP contribution in [0.4, 0.5) is 13.2 Å². The van der Waals surface area contributed by atoms with Crippen molar-refractivity contribution in [2.75, 3.05) is 7.11 Å². The lowest BCUT2D eigenvalue weighted by molar-refractivity contribution is -0.137. The fraction of sp³-hybridized carbons (Fsp3) is 0.120. The number of alkyl halides is 3. The lowest BCUT2D eigenvalue weighted by Gasteiger charge is -2.16. The van der Waals surface area contributed by atoms with Crippen molar-refractivity contribution in [3.63, 3.8) is 0 Å². The first-order chi connectivity index (χ1) is 17.0. The number of aldehydes is 1. The molecule has 2 aromatic carbocycles. The fourth-order valence-electron chi connectivity index (χ4n) is 3.73. The van der Waals surface area contributed by atoms with Gasteiger partial charge in [-0.15, -0.1) is 0 Å². The van der Waals surface area contributed by atoms with E-state index in [1.165, 1.54) is 41.1 Å². The number of ether oxygens (including phenoxy) is 1. The van der Waals surface area contributed by atoms with Gasteiger partial charge in [-0.25, -0.2) is 12.4 Å². The third kappa shape index (κ3) is 4.33. The lowest BCUT2D eigenvalue weighted by atomic mass is 10.0. The number of methoxy groups -OCH3 is 1. The van der Waals surface area contributed by atoms with Crippen molar-refractivity contribution >= 4 is 22.1 Å². The number of carbonyl (C=O) groups excluding carboxylic acids is 2. The second kappa shape index (κ2) is 9.15. The SMILES string of the molecule is COc1cc(C(F)(F)F)ccc1C(=O)c1c(-n2cccc2C=O)ccn1S(=O)(=O)c1ccc(C)cc1. The van der Waals surface area contributed by atoms with Gasteiger partial charge in [-0.2, -0.15) is 13.2 Å². The summed E-state index contributed by atoms with van der Waals surface area (Å²) in [5, 5.41) is 0. The smallest absolute Gasteiger partial charge is 0.416 e. The normalized spacial score (nSPS) is 11.9. The molecule has 186 valence electrons. The molecular weight excluding hydrogens is 497 g/mol. The molecule has 0 saturated carbocycles. The molecule has 36 heavy (non-hydrogen) atoms. The van der Waals surface area contributed by atoms with Crippen LogP contribution in [0.15, 0.2) is 78.0 Å². The molecule has 0 saturated heterocycles. The van der Waals surface area contributed by atoms with E-state index >= 15 is 0 Å². The van der Waals surface area contributed by atoms with Crippen molar-refractivity contribution in [3.05, 3.63) is 101 Å². The highest BCUT2D eigenvalue weighted by atomic mass is 32.2. The third-order valence-electron chi connectivity index (χ3n) is 5.56. The van der Waals surface area contributed by atoms with Crippen LogP contribution in [-0.2, 0) is 16.2 Å². The standard InChI is InChI=1S/C25H19F3N2O5S/c1-16-5-8-19(9-6-16)36(33,34)30-13-11-21(29-12-3-4-18(29)15-31)23(30)24(32)20-10-7-17(25(26,27)28)14-22(20)35-2/h3-15H,1-2H3. The zero-order valence-corrected chi connectivity index (χ0v) is 19.8. The highest BCUT2D eigenvalue weighted by Gasteiger charge is 2.34. The fourth-order valence-corrected chi connectivity index (χ4v) is 5.08. The summed E-state index contributed by atoms with van der Waals surface area (Å²) in [7, 11) is -3.20. The van der Waals surface area contributed by atoms with Gasteiger partial charge in [0.1, 0.15) is 11.4 Å². The molecule has 0 amide bonds. The van der Waals surface area contributed by atoms with E-state index in [0.717, 1.165) is 28.9 Å². The minimum atomic E-state index is -4.68. The van der Waals surface area contributed by atoms with Crippen LogP contribution in [0.25, 0.3) is 5.69 Å². The molecule has 0 N–H and O–H groups in total. The van der Waals surface area contributed by atoms with E-state index in [9.17, 15) is 31.2 Å². The van der Waals surface area contributed by atoms with Crippen LogP contribution >= 0.6 is 0 Å². The summed E-state index contributed by atoms with van der Waals surface area (Å²) in [4.78, 5) is 25.2. The summed E-state index contributed by atoms with van der Waals surface area (Å²) in [6, 6.07) is 12.6. The van der Waals surface area contributed by atoms with Gasteiger partial charge in [-0.05, 0) is 55.5 Å². The number of hydrogen-bond acceptors (Lipinski definition) is 5. The first-order valence-electron chi connectivity index (χ1n) is 10.5. The van der Waals surface area contributed by atoms with E-state index in [1.807, 2.05) is 0 Å². The minimum absolute atomic E-state index is 0.0461. The highest BCUT2D eigenvalue weighted by molar-refractivity contribution is 7.90. The Labute approximate surface area is 204 Å². The molecule has 0 unspecified atom stereocenters. The third-order valence-corrected chi connectivity index (χ3v) is 7.25. The number of carbonyl (C=O) groups is 2. The van der Waals surface area contributed by atoms with Crippen LogP contribution in [0.5, 0.6) is 5.75 Å². The number of halogens is 3. The maximum Gasteiger partial charge on any atom is 0.416 e. The molecule has 11 heteroatoms. The Kier molecular flexibility index (Phi) is 6.35. The number of rotatable bonds is 7. The van der Waals surface area contributed by atoms with Crippen molar-refractivity contribution in [1.29, 1.82) is 0 Å². The maximum absolute atomic E-state index is 13.8. The number of ketones is 1. The van der Waals surface area contributed by atoms with Crippen molar-refractivity contribution in [2.45, 2.75) is 18.0 Å². The molecule has 0 bridgehead atoms. The Morgan fingerprint density at radius 3 is 2.31 bits per heavy atom. The predicted molar refractivity (Wildman–Crippen MR) is 124 cm³/mol. The molecule has 0 aliphatic rings. The summed E-state index contributed by atoms with van der Waals surface area (Å²) in [6.07, 6.45) is -1.54. The molecule has 4 aromatic rings. The van der Waals surface area contributed by atoms with Gasteiger partial charge < -0.3 is 9.30 Å². The van der Waals surface area contributed by atoms with Gasteiger partial charge >= 0.3 is 6.18 Å². The van der Waals surface area contributed by atoms with Crippen LogP contribution in [0.2, 0.25) is 0 Å². The van der Waals surface area contributed by atoms with Gasteiger partial charge in [0, 0.05) is 12.4 Å². The Hall–Kier alpha value is -4.12. The van der Waals surface area contributed by atoms with Crippen molar-refractivity contribution in [3.8, 4) is 11.4 Å². The summed E-state index contributed by atoms with van der Waals surface area (Å²) < 4.78 is 73.8. The molecule has 0 radical (unpaired) electrons. The van der Waals surface area contributed by atoms with Gasteiger partial charge in [0.15, 0.2) is 6.29 Å². The Morgan fingerprint density at radius 2 is 1.69 bits per heavy atom. The average Bonchev–Trinajstić information content (AvgIpc) is 3.50. The van der Waals surface area contributed by atoms with Gasteiger partial charge in [0.05, 0.1) is 34.5 Å². The van der Waals surface area contributed by atoms with E-state index in [1.54, 1.807) is 19.1 Å². The molecule has 0 fully saturated rings. The number of aryl methyl sites for hydroxylation is 1. The Balaban J connectivity index is 1.97. The number of nitrogens with zero attached hydrogens (tertiary/aromatic N) is 2. The van der Waals surface area contributed by atoms with Crippen LogP contribution in [0.3, 0.4) is 0 Å². The molecule has 2 heterocycles. The zero-order valence-electron chi connectivity index (χ0n) is 19.0. The summed E-state index contributed by atoms with van der Waals surface area (Å²) in [5.74, 6) is -1.30. The second-order valence-electron chi connectivity index (χ2n) is 7.83. The molecule has 7 nitrogen and oxygen atoms in total. The monoisotopic (exact) mass is 516 g/mol. The number of aromatic nitrogens is 2. The summed E-state index contributed by atoms with van der Waals surface area (Å²) >= 11 is 0. The summed E-state index contributed by atoms with van der Waals surface area (Å²) in [5.41, 5.74) is -0.708. The van der Waals surface area contributed by atoms with Gasteiger partial charge in [-0.1, -0.05) is 17.7 Å². The summed E-state index contributed by atoms with van der Waals surface area (Å²) in [6.45, 7) is 1.78. The number of hydrogen-bond donors (Lipinski definition) is 0. The van der Waals surface area contributed by atoms with Crippen molar-refractivity contribution in [2.24, 2.45) is 0 Å². The molecule has 0 aliphatic heterocycles. The second-order valence-corrected chi connectivity index (χ2v) is 9.64. The molecule has 4 rings (SSSR count). The molecular formula is C25H19F3N2O5S. The van der Waals surface area contributed by atoms with E-state index in [-0.39, 0.29) is 33.3 Å². The molecule has 0 aliphatic carbocycles. The van der Waals surface area contributed by atoms with E-state index < -0.39 is 27.5 Å². The van der Waals surface area contributed by atoms with Crippen molar-refractivity contribution in [1.82, 2.24) is 8.54 Å². The maximum atomic E-state index is 13.8. The van der Waals surface area contributed by atoms with E-state index in [4.69, 9.17) is 4.74 Å². The largest absolute Gasteiger partial charge is 0.496 e. The van der Waals surface area contributed by atoms with Gasteiger partial charge in [0.2, 0.25) is 5.78 Å². The lowest BCUT2D eigenvalue weighted by Crippen LogP contribution is -2.20. The zero-order chi connectivity index (χ0) is 26.3. The van der Waals surface area contributed by atoms with E-state index in [0.29, 0.717) is 18.4 Å². The Bertz CT molecular complexity index is 1570. The quantitative estimate of drug-likeness (QED) is 0.258. The first kappa shape index (κ1) is 25.0. The first-order valence-corrected chi connectivity index (χ1v) is 11.9. The predicted octanol–water partition coefficient (Wildman–Crippen LogP) is 4.90. The average molecular weight is 516 g/mol. The number of benzene rings is 2. The molecule has 2 aromatic heterocycles. The van der Waals surface area contributed by atoms with Crippen LogP contribution in [0.1, 0.15) is 37.7 Å². The van der Waals surface area contributed by atoms with Crippen LogP contribution in [0, 0.1) is 6.92 Å². The van der Waals surface area contributed by atoms with Crippen LogP contribution < -0.4 is 4.74 Å². The minimum Gasteiger partial charge on any atom is -0.496 e. The molecule has 0 spiro atoms. The Morgan fingerprint density at radius 1 is 1.00 bits per heavy atom. The van der Waals surface area contributed by atoms with Gasteiger partial charge in [-0.3, -0.25) is 9.59 Å². The van der Waals surface area contributed by atoms with E-state index in [2.05, 4.69) is 0 Å².